The summed E-state index contributed by atoms with van der Waals surface area (Å²) in [6.45, 7) is 7.20. The van der Waals surface area contributed by atoms with E-state index in [9.17, 15) is 15.0 Å². The summed E-state index contributed by atoms with van der Waals surface area (Å²) < 4.78 is 5.23. The number of cyclic esters (lactones) is 1. The van der Waals surface area contributed by atoms with Crippen LogP contribution >= 0.6 is 0 Å². The fraction of sp³-hybridized carbons (Fsp3) is 0.897. The fourth-order valence-corrected chi connectivity index (χ4v) is 10.2. The molecule has 0 bridgehead atoms. The van der Waals surface area contributed by atoms with Crippen LogP contribution in [0.2, 0.25) is 0 Å². The van der Waals surface area contributed by atoms with Gasteiger partial charge in [-0.3, -0.25) is 0 Å². The molecule has 2 aliphatic heterocycles. The normalized spacial score (nSPS) is 50.3. The molecule has 196 valence electrons. The van der Waals surface area contributed by atoms with Gasteiger partial charge in [-0.2, -0.15) is 0 Å². The first-order valence-electron chi connectivity index (χ1n) is 14.4. The minimum atomic E-state index is -0.872. The number of esters is 1. The maximum absolute atomic E-state index is 12.4. The Morgan fingerprint density at radius 2 is 1.77 bits per heavy atom. The summed E-state index contributed by atoms with van der Waals surface area (Å²) in [5.41, 5.74) is -0.310. The minimum Gasteiger partial charge on any atom is -0.458 e. The molecule has 6 nitrogen and oxygen atoms in total. The van der Waals surface area contributed by atoms with Gasteiger partial charge in [0.05, 0.1) is 11.7 Å². The topological polar surface area (TPSA) is 82.0 Å². The molecule has 5 fully saturated rings. The van der Waals surface area contributed by atoms with Crippen molar-refractivity contribution < 1.29 is 19.7 Å². The lowest BCUT2D eigenvalue weighted by molar-refractivity contribution is -0.244. The molecular formula is C29H46N2O4. The van der Waals surface area contributed by atoms with E-state index in [1.165, 1.54) is 38.5 Å². The zero-order valence-electron chi connectivity index (χ0n) is 22.0. The number of nitrogens with zero attached hydrogens (tertiary/aromatic N) is 1. The summed E-state index contributed by atoms with van der Waals surface area (Å²) in [7, 11) is 2.36. The number of aliphatic hydroxyl groups excluding tert-OH is 1. The molecule has 0 spiro atoms. The Morgan fingerprint density at radius 1 is 1.00 bits per heavy atom. The molecule has 9 atom stereocenters. The van der Waals surface area contributed by atoms with Crippen LogP contribution in [-0.4, -0.2) is 71.6 Å². The van der Waals surface area contributed by atoms with Crippen molar-refractivity contribution in [1.29, 1.82) is 0 Å². The van der Waals surface area contributed by atoms with E-state index in [1.54, 1.807) is 6.08 Å². The van der Waals surface area contributed by atoms with Crippen LogP contribution in [0.25, 0.3) is 0 Å². The lowest BCUT2D eigenvalue weighted by Crippen LogP contribution is -2.67. The van der Waals surface area contributed by atoms with Crippen molar-refractivity contribution in [2.75, 3.05) is 26.7 Å². The Balaban J connectivity index is 1.23. The molecule has 6 rings (SSSR count). The third-order valence-electron chi connectivity index (χ3n) is 12.5. The third kappa shape index (κ3) is 3.45. The van der Waals surface area contributed by atoms with Crippen molar-refractivity contribution >= 4 is 5.97 Å². The Bertz CT molecular complexity index is 886. The first-order valence-corrected chi connectivity index (χ1v) is 14.4. The maximum atomic E-state index is 12.4. The van der Waals surface area contributed by atoms with Crippen LogP contribution in [0.5, 0.6) is 0 Å². The quantitative estimate of drug-likeness (QED) is 0.531. The highest BCUT2D eigenvalue weighted by Crippen LogP contribution is 2.70. The number of hydrogen-bond donors (Lipinski definition) is 3. The second kappa shape index (κ2) is 8.54. The molecule has 4 aliphatic carbocycles. The van der Waals surface area contributed by atoms with Gasteiger partial charge in [0.2, 0.25) is 0 Å². The van der Waals surface area contributed by atoms with Gasteiger partial charge in [0.15, 0.2) is 0 Å². The number of carbonyl (C=O) groups excluding carboxylic acids is 1. The van der Waals surface area contributed by atoms with Gasteiger partial charge in [0.25, 0.3) is 0 Å². The zero-order valence-corrected chi connectivity index (χ0v) is 22.0. The predicted octanol–water partition coefficient (Wildman–Crippen LogP) is 3.27. The van der Waals surface area contributed by atoms with Crippen LogP contribution in [-0.2, 0) is 9.53 Å². The average molecular weight is 487 g/mol. The Morgan fingerprint density at radius 3 is 2.49 bits per heavy atom. The van der Waals surface area contributed by atoms with Crippen LogP contribution in [0.15, 0.2) is 11.6 Å². The number of piperidine rings is 1. The highest BCUT2D eigenvalue weighted by molar-refractivity contribution is 5.85. The standard InChI is InChI=1S/C29H46N2O4/c1-27-10-6-21(31(3)20-8-12-30-13-9-20)15-19(27)4-5-23-24(27)16-25(32)28(2)22(7-11-29(23,28)34)18-14-26(33)35-17-18/h14,19-25,30,32,34H,4-13,15-17H2,1-3H3/t19-,21+,22-,23-,24+,25-,27+,28+,29+/m1/s1. The molecule has 0 aromatic rings. The minimum absolute atomic E-state index is 0.0230. The van der Waals surface area contributed by atoms with E-state index in [0.717, 1.165) is 44.3 Å². The maximum Gasteiger partial charge on any atom is 0.331 e. The third-order valence-corrected chi connectivity index (χ3v) is 12.5. The van der Waals surface area contributed by atoms with Crippen molar-refractivity contribution in [1.82, 2.24) is 10.2 Å². The van der Waals surface area contributed by atoms with E-state index in [-0.39, 0.29) is 23.2 Å². The van der Waals surface area contributed by atoms with Crippen molar-refractivity contribution in [3.63, 3.8) is 0 Å². The molecule has 3 N–H and O–H groups in total. The molecular weight excluding hydrogens is 440 g/mol. The monoisotopic (exact) mass is 486 g/mol. The van der Waals surface area contributed by atoms with Crippen molar-refractivity contribution in [2.45, 2.75) is 102 Å². The van der Waals surface area contributed by atoms with Gasteiger partial charge in [0.1, 0.15) is 6.61 Å². The molecule has 6 heteroatoms. The van der Waals surface area contributed by atoms with Crippen LogP contribution < -0.4 is 5.32 Å². The van der Waals surface area contributed by atoms with Crippen LogP contribution in [0.4, 0.5) is 0 Å². The molecule has 6 aliphatic rings. The van der Waals surface area contributed by atoms with Gasteiger partial charge < -0.3 is 25.2 Å². The van der Waals surface area contributed by atoms with Gasteiger partial charge in [-0.15, -0.1) is 0 Å². The van der Waals surface area contributed by atoms with E-state index in [0.29, 0.717) is 30.5 Å². The van der Waals surface area contributed by atoms with Crippen LogP contribution in [0, 0.1) is 34.5 Å². The number of rotatable bonds is 3. The fourth-order valence-electron chi connectivity index (χ4n) is 10.2. The Hall–Kier alpha value is -0.950. The van der Waals surface area contributed by atoms with Gasteiger partial charge in [-0.05, 0) is 119 Å². The predicted molar refractivity (Wildman–Crippen MR) is 135 cm³/mol. The number of nitrogens with one attached hydrogen (secondary N) is 1. The molecule has 35 heavy (non-hydrogen) atoms. The Labute approximate surface area is 210 Å². The lowest BCUT2D eigenvalue weighted by Gasteiger charge is -2.65. The number of carbonyl (C=O) groups is 1. The molecule has 0 amide bonds. The summed E-state index contributed by atoms with van der Waals surface area (Å²) in [5.74, 6) is 1.02. The van der Waals surface area contributed by atoms with Gasteiger partial charge >= 0.3 is 5.97 Å². The van der Waals surface area contributed by atoms with Gasteiger partial charge in [-0.1, -0.05) is 13.8 Å². The molecule has 0 aromatic heterocycles. The molecule has 2 heterocycles. The lowest BCUT2D eigenvalue weighted by atomic mass is 9.42. The molecule has 4 saturated carbocycles. The highest BCUT2D eigenvalue weighted by Gasteiger charge is 2.70. The Kier molecular flexibility index (Phi) is 5.95. The summed E-state index contributed by atoms with van der Waals surface area (Å²) in [4.78, 5) is 14.5. The summed E-state index contributed by atoms with van der Waals surface area (Å²) in [6, 6.07) is 1.37. The first kappa shape index (κ1) is 24.4. The smallest absolute Gasteiger partial charge is 0.331 e. The largest absolute Gasteiger partial charge is 0.458 e. The van der Waals surface area contributed by atoms with Crippen molar-refractivity contribution in [3.8, 4) is 0 Å². The number of hydrogen-bond acceptors (Lipinski definition) is 6. The second-order valence-electron chi connectivity index (χ2n) is 13.4. The molecule has 0 radical (unpaired) electrons. The highest BCUT2D eigenvalue weighted by atomic mass is 16.5. The molecule has 0 aromatic carbocycles. The van der Waals surface area contributed by atoms with E-state index in [2.05, 4.69) is 31.1 Å². The van der Waals surface area contributed by atoms with Gasteiger partial charge in [-0.25, -0.2) is 4.79 Å². The van der Waals surface area contributed by atoms with Gasteiger partial charge in [0, 0.05) is 23.6 Å². The average Bonchev–Trinajstić information content (AvgIpc) is 3.40. The number of ether oxygens (including phenoxy) is 1. The number of fused-ring (bicyclic) bond motifs is 5. The van der Waals surface area contributed by atoms with E-state index in [1.807, 2.05) is 0 Å². The van der Waals surface area contributed by atoms with Crippen molar-refractivity contribution in [3.05, 3.63) is 11.6 Å². The number of aliphatic hydroxyl groups is 2. The molecule has 1 saturated heterocycles. The van der Waals surface area contributed by atoms with Crippen LogP contribution in [0.1, 0.15) is 78.1 Å². The summed E-state index contributed by atoms with van der Waals surface area (Å²) >= 11 is 0. The summed E-state index contributed by atoms with van der Waals surface area (Å²) in [6.07, 6.45) is 11.9. The van der Waals surface area contributed by atoms with E-state index >= 15 is 0 Å². The van der Waals surface area contributed by atoms with E-state index in [4.69, 9.17) is 4.74 Å². The molecule has 0 unspecified atom stereocenters. The zero-order chi connectivity index (χ0) is 24.6. The second-order valence-corrected chi connectivity index (χ2v) is 13.4. The van der Waals surface area contributed by atoms with Crippen molar-refractivity contribution in [2.24, 2.45) is 34.5 Å². The first-order chi connectivity index (χ1) is 16.7. The SMILES string of the molecule is CN(C1CCNCC1)[C@H]1CC[C@@]2(C)[C@H](CC[C@@H]3[C@@H]2C[C@@H](O)[C@]2(C)[C@@H](C4=CC(=O)OC4)CC[C@]32O)C1. The van der Waals surface area contributed by atoms with E-state index < -0.39 is 17.1 Å². The summed E-state index contributed by atoms with van der Waals surface area (Å²) in [5, 5.41) is 27.7. The van der Waals surface area contributed by atoms with Crippen LogP contribution in [0.3, 0.4) is 0 Å².